The number of anilines is 1. The van der Waals surface area contributed by atoms with Crippen molar-refractivity contribution in [1.29, 1.82) is 0 Å². The van der Waals surface area contributed by atoms with Gasteiger partial charge in [0, 0.05) is 32.4 Å². The van der Waals surface area contributed by atoms with Gasteiger partial charge in [0.05, 0.1) is 7.11 Å². The molecule has 2 heterocycles. The predicted molar refractivity (Wildman–Crippen MR) is 107 cm³/mol. The number of halogens is 1. The lowest BCUT2D eigenvalue weighted by Gasteiger charge is -2.36. The van der Waals surface area contributed by atoms with E-state index in [-0.39, 0.29) is 17.6 Å². The van der Waals surface area contributed by atoms with Gasteiger partial charge in [-0.1, -0.05) is 6.07 Å². The molecule has 156 valence electrons. The van der Waals surface area contributed by atoms with Crippen LogP contribution < -0.4 is 14.4 Å². The van der Waals surface area contributed by atoms with Gasteiger partial charge in [-0.3, -0.25) is 0 Å². The third-order valence-corrected chi connectivity index (χ3v) is 4.36. The first-order valence-electron chi connectivity index (χ1n) is 9.47. The predicted octanol–water partition coefficient (Wildman–Crippen LogP) is 4.08. The van der Waals surface area contributed by atoms with Crippen LogP contribution in [0.3, 0.4) is 0 Å². The molecule has 1 aromatic carbocycles. The maximum Gasteiger partial charge on any atom is 0.410 e. The summed E-state index contributed by atoms with van der Waals surface area (Å²) in [5, 5.41) is 0. The fourth-order valence-electron chi connectivity index (χ4n) is 3.03. The molecule has 1 saturated heterocycles. The average Bonchev–Trinajstić information content (AvgIpc) is 2.67. The van der Waals surface area contributed by atoms with Crippen LogP contribution in [0.25, 0.3) is 0 Å². The first-order valence-corrected chi connectivity index (χ1v) is 9.47. The van der Waals surface area contributed by atoms with E-state index >= 15 is 0 Å². The third-order valence-electron chi connectivity index (χ3n) is 4.36. The minimum absolute atomic E-state index is 0.0267. The van der Waals surface area contributed by atoms with Crippen LogP contribution in [0, 0.1) is 5.82 Å². The van der Waals surface area contributed by atoms with Crippen molar-refractivity contribution < 1.29 is 23.4 Å². The molecule has 1 aromatic heterocycles. The van der Waals surface area contributed by atoms with Gasteiger partial charge in [0.25, 0.3) is 0 Å². The van der Waals surface area contributed by atoms with Gasteiger partial charge in [0.2, 0.25) is 5.88 Å². The number of nitrogens with zero attached hydrogens (tertiary/aromatic N) is 3. The Hall–Kier alpha value is -3.03. The molecule has 1 aliphatic heterocycles. The second-order valence-electron chi connectivity index (χ2n) is 7.66. The zero-order valence-corrected chi connectivity index (χ0v) is 17.1. The first-order chi connectivity index (χ1) is 13.8. The van der Waals surface area contributed by atoms with Crippen molar-refractivity contribution in [1.82, 2.24) is 9.88 Å². The van der Waals surface area contributed by atoms with Crippen LogP contribution in [-0.2, 0) is 4.74 Å². The van der Waals surface area contributed by atoms with Gasteiger partial charge < -0.3 is 24.0 Å². The van der Waals surface area contributed by atoms with E-state index in [4.69, 9.17) is 14.2 Å². The Labute approximate surface area is 170 Å². The number of para-hydroxylation sites is 1. The van der Waals surface area contributed by atoms with Crippen molar-refractivity contribution in [2.45, 2.75) is 26.4 Å². The first kappa shape index (κ1) is 20.7. The minimum Gasteiger partial charge on any atom is -0.490 e. The summed E-state index contributed by atoms with van der Waals surface area (Å²) in [6.07, 6.45) is 1.30. The molecular formula is C21H26FN3O4. The number of amides is 1. The summed E-state index contributed by atoms with van der Waals surface area (Å²) in [6, 6.07) is 8.18. The molecule has 3 rings (SSSR count). The molecule has 0 saturated carbocycles. The maximum absolute atomic E-state index is 14.0. The molecule has 2 aromatic rings. The highest BCUT2D eigenvalue weighted by Crippen LogP contribution is 2.36. The maximum atomic E-state index is 14.0. The van der Waals surface area contributed by atoms with Gasteiger partial charge in [0.1, 0.15) is 11.3 Å². The Morgan fingerprint density at radius 2 is 1.83 bits per heavy atom. The van der Waals surface area contributed by atoms with Crippen LogP contribution in [0.5, 0.6) is 17.4 Å². The molecule has 0 bridgehead atoms. The lowest BCUT2D eigenvalue weighted by atomic mass is 10.2. The van der Waals surface area contributed by atoms with Gasteiger partial charge in [0.15, 0.2) is 17.3 Å². The van der Waals surface area contributed by atoms with E-state index < -0.39 is 11.4 Å². The summed E-state index contributed by atoms with van der Waals surface area (Å²) in [6.45, 7) is 7.78. The molecule has 0 radical (unpaired) electrons. The van der Waals surface area contributed by atoms with Crippen LogP contribution in [0.15, 0.2) is 36.5 Å². The molecular weight excluding hydrogens is 377 g/mol. The van der Waals surface area contributed by atoms with E-state index in [1.807, 2.05) is 32.9 Å². The van der Waals surface area contributed by atoms with Crippen molar-refractivity contribution >= 4 is 11.8 Å². The summed E-state index contributed by atoms with van der Waals surface area (Å²) >= 11 is 0. The van der Waals surface area contributed by atoms with Crippen molar-refractivity contribution in [2.24, 2.45) is 0 Å². The number of ether oxygens (including phenoxy) is 3. The fourth-order valence-corrected chi connectivity index (χ4v) is 3.03. The topological polar surface area (TPSA) is 64.1 Å². The largest absolute Gasteiger partial charge is 0.490 e. The number of methoxy groups -OCH3 is 1. The van der Waals surface area contributed by atoms with Gasteiger partial charge >= 0.3 is 6.09 Å². The van der Waals surface area contributed by atoms with Gasteiger partial charge in [-0.25, -0.2) is 14.2 Å². The number of carbonyl (C=O) groups is 1. The highest BCUT2D eigenvalue weighted by atomic mass is 19.1. The van der Waals surface area contributed by atoms with Crippen LogP contribution in [0.4, 0.5) is 14.9 Å². The van der Waals surface area contributed by atoms with E-state index in [0.717, 1.165) is 5.69 Å². The van der Waals surface area contributed by atoms with Gasteiger partial charge in [-0.2, -0.15) is 0 Å². The van der Waals surface area contributed by atoms with Crippen molar-refractivity contribution in [2.75, 3.05) is 38.2 Å². The number of carbonyl (C=O) groups excluding carboxylic acids is 1. The summed E-state index contributed by atoms with van der Waals surface area (Å²) in [7, 11) is 1.39. The van der Waals surface area contributed by atoms with Gasteiger partial charge in [-0.15, -0.1) is 0 Å². The normalized spacial score (nSPS) is 14.5. The monoisotopic (exact) mass is 403 g/mol. The number of aromatic nitrogens is 1. The Morgan fingerprint density at radius 1 is 1.10 bits per heavy atom. The standard InChI is InChI=1S/C21H26FN3O4/c1-21(2,3)29-20(26)25-13-11-24(12-14-25)16-8-6-10-23-19(16)28-17-9-5-7-15(22)18(17)27-4/h5-10H,11-14H2,1-4H3. The molecule has 0 aliphatic carbocycles. The minimum atomic E-state index is -0.525. The Kier molecular flexibility index (Phi) is 6.10. The molecule has 1 fully saturated rings. The Balaban J connectivity index is 1.72. The van der Waals surface area contributed by atoms with Crippen molar-refractivity contribution in [3.63, 3.8) is 0 Å². The van der Waals surface area contributed by atoms with Gasteiger partial charge in [-0.05, 0) is 45.0 Å². The summed E-state index contributed by atoms with van der Waals surface area (Å²) in [4.78, 5) is 20.3. The van der Waals surface area contributed by atoms with Crippen LogP contribution in [0.1, 0.15) is 20.8 Å². The molecule has 8 heteroatoms. The van der Waals surface area contributed by atoms with E-state index in [1.165, 1.54) is 13.2 Å². The zero-order chi connectivity index (χ0) is 21.0. The van der Waals surface area contributed by atoms with E-state index in [1.54, 1.807) is 23.2 Å². The fraction of sp³-hybridized carbons (Fsp3) is 0.429. The molecule has 0 N–H and O–H groups in total. The highest BCUT2D eigenvalue weighted by molar-refractivity contribution is 5.69. The number of hydrogen-bond acceptors (Lipinski definition) is 6. The van der Waals surface area contributed by atoms with Crippen LogP contribution >= 0.6 is 0 Å². The SMILES string of the molecule is COc1c(F)cccc1Oc1ncccc1N1CCN(C(=O)OC(C)(C)C)CC1. The second kappa shape index (κ2) is 8.55. The molecule has 0 spiro atoms. The van der Waals surface area contributed by atoms with Crippen molar-refractivity contribution in [3.8, 4) is 17.4 Å². The molecule has 0 atom stereocenters. The quantitative estimate of drug-likeness (QED) is 0.767. The van der Waals surface area contributed by atoms with E-state index in [2.05, 4.69) is 9.88 Å². The van der Waals surface area contributed by atoms with Crippen LogP contribution in [0.2, 0.25) is 0 Å². The summed E-state index contributed by atoms with van der Waals surface area (Å²) < 4.78 is 30.4. The lowest BCUT2D eigenvalue weighted by Crippen LogP contribution is -2.50. The van der Waals surface area contributed by atoms with Crippen molar-refractivity contribution in [3.05, 3.63) is 42.3 Å². The Bertz CT molecular complexity index is 861. The highest BCUT2D eigenvalue weighted by Gasteiger charge is 2.27. The lowest BCUT2D eigenvalue weighted by molar-refractivity contribution is 0.0240. The number of pyridine rings is 1. The van der Waals surface area contributed by atoms with E-state index in [9.17, 15) is 9.18 Å². The average molecular weight is 403 g/mol. The summed E-state index contributed by atoms with van der Waals surface area (Å²) in [5.74, 6) is 0.120. The number of hydrogen-bond donors (Lipinski definition) is 0. The Morgan fingerprint density at radius 3 is 2.48 bits per heavy atom. The number of benzene rings is 1. The summed E-state index contributed by atoms with van der Waals surface area (Å²) in [5.41, 5.74) is 0.241. The number of rotatable bonds is 4. The molecule has 1 amide bonds. The number of piperazine rings is 1. The van der Waals surface area contributed by atoms with E-state index in [0.29, 0.717) is 32.1 Å². The van der Waals surface area contributed by atoms with Crippen LogP contribution in [-0.4, -0.2) is 54.9 Å². The molecule has 29 heavy (non-hydrogen) atoms. The molecule has 1 aliphatic rings. The molecule has 7 nitrogen and oxygen atoms in total. The smallest absolute Gasteiger partial charge is 0.410 e. The third kappa shape index (κ3) is 5.07. The molecule has 0 unspecified atom stereocenters. The second-order valence-corrected chi connectivity index (χ2v) is 7.66. The zero-order valence-electron chi connectivity index (χ0n) is 17.1.